The van der Waals surface area contributed by atoms with Crippen LogP contribution in [0.5, 0.6) is 11.5 Å². The first-order valence-corrected chi connectivity index (χ1v) is 5.50. The molecule has 0 amide bonds. The number of hydrogen-bond acceptors (Lipinski definition) is 4. The summed E-state index contributed by atoms with van der Waals surface area (Å²) < 4.78 is 10.8. The highest BCUT2D eigenvalue weighted by Gasteiger charge is 2.25. The lowest BCUT2D eigenvalue weighted by Gasteiger charge is -2.16. The molecule has 88 valence electrons. The van der Waals surface area contributed by atoms with Crippen molar-refractivity contribution < 1.29 is 14.7 Å². The fourth-order valence-electron chi connectivity index (χ4n) is 1.94. The lowest BCUT2D eigenvalue weighted by Crippen LogP contribution is -2.10. The van der Waals surface area contributed by atoms with Gasteiger partial charge in [-0.1, -0.05) is 25.4 Å². The van der Waals surface area contributed by atoms with Crippen LogP contribution in [0.25, 0.3) is 0 Å². The van der Waals surface area contributed by atoms with Crippen LogP contribution in [0.3, 0.4) is 0 Å². The third kappa shape index (κ3) is 1.84. The molecule has 0 unspecified atom stereocenters. The van der Waals surface area contributed by atoms with Crippen molar-refractivity contribution in [2.75, 3.05) is 6.79 Å². The van der Waals surface area contributed by atoms with Gasteiger partial charge < -0.3 is 14.7 Å². The van der Waals surface area contributed by atoms with Crippen molar-refractivity contribution in [3.05, 3.63) is 22.2 Å². The molecule has 1 aliphatic heterocycles. The van der Waals surface area contributed by atoms with Crippen molar-refractivity contribution in [3.63, 3.8) is 0 Å². The zero-order chi connectivity index (χ0) is 11.7. The predicted octanol–water partition coefficient (Wildman–Crippen LogP) is 2.67. The van der Waals surface area contributed by atoms with Crippen LogP contribution >= 0.6 is 11.6 Å². The van der Waals surface area contributed by atoms with Gasteiger partial charge in [0.15, 0.2) is 11.5 Å². The summed E-state index contributed by atoms with van der Waals surface area (Å²) in [4.78, 5) is 0. The van der Waals surface area contributed by atoms with Crippen molar-refractivity contribution in [1.82, 2.24) is 5.48 Å². The molecule has 0 aliphatic carbocycles. The van der Waals surface area contributed by atoms with Gasteiger partial charge in [0, 0.05) is 23.2 Å². The van der Waals surface area contributed by atoms with Gasteiger partial charge in [-0.3, -0.25) is 0 Å². The average Bonchev–Trinajstić information content (AvgIpc) is 2.65. The normalized spacial score (nSPS) is 13.6. The Balaban J connectivity index is 2.59. The molecule has 0 fully saturated rings. The van der Waals surface area contributed by atoms with E-state index in [1.54, 1.807) is 6.07 Å². The predicted molar refractivity (Wildman–Crippen MR) is 60.3 cm³/mol. The van der Waals surface area contributed by atoms with Crippen molar-refractivity contribution in [3.8, 4) is 11.5 Å². The molecule has 16 heavy (non-hydrogen) atoms. The fraction of sp³-hybridized carbons (Fsp3) is 0.455. The van der Waals surface area contributed by atoms with Crippen LogP contribution in [0.1, 0.15) is 30.9 Å². The fourth-order valence-corrected chi connectivity index (χ4v) is 2.21. The molecule has 1 aromatic carbocycles. The van der Waals surface area contributed by atoms with Gasteiger partial charge in [-0.15, -0.1) is 0 Å². The second-order valence-corrected chi connectivity index (χ2v) is 4.38. The molecule has 2 N–H and O–H groups in total. The summed E-state index contributed by atoms with van der Waals surface area (Å²) in [5, 5.41) is 9.40. The Morgan fingerprint density at radius 3 is 2.88 bits per heavy atom. The number of fused-ring (bicyclic) bond motifs is 1. The molecule has 0 spiro atoms. The minimum atomic E-state index is 0.224. The Morgan fingerprint density at radius 2 is 2.25 bits per heavy atom. The van der Waals surface area contributed by atoms with Crippen molar-refractivity contribution in [2.45, 2.75) is 26.3 Å². The molecule has 0 saturated carbocycles. The standard InChI is InChI=1S/C11H14ClNO3/c1-6(2)10-7(4-13-14)8(12)3-9-11(10)16-5-15-9/h3,6,13-14H,4-5H2,1-2H3. The molecule has 0 aromatic heterocycles. The first kappa shape index (κ1) is 11.5. The van der Waals surface area contributed by atoms with E-state index in [1.165, 1.54) is 0 Å². The number of halogens is 1. The molecule has 1 heterocycles. The molecule has 0 saturated heterocycles. The first-order chi connectivity index (χ1) is 7.65. The van der Waals surface area contributed by atoms with Crippen LogP contribution in [-0.2, 0) is 6.54 Å². The highest BCUT2D eigenvalue weighted by molar-refractivity contribution is 6.31. The Morgan fingerprint density at radius 1 is 1.50 bits per heavy atom. The molecule has 1 aliphatic rings. The van der Waals surface area contributed by atoms with Crippen LogP contribution in [0.15, 0.2) is 6.07 Å². The number of nitrogens with one attached hydrogen (secondary N) is 1. The molecular weight excluding hydrogens is 230 g/mol. The third-order valence-electron chi connectivity index (χ3n) is 2.59. The number of benzene rings is 1. The maximum Gasteiger partial charge on any atom is 0.231 e. The molecule has 4 nitrogen and oxygen atoms in total. The lowest BCUT2D eigenvalue weighted by atomic mass is 9.95. The summed E-state index contributed by atoms with van der Waals surface area (Å²) in [6.07, 6.45) is 0. The number of hydroxylamine groups is 1. The summed E-state index contributed by atoms with van der Waals surface area (Å²) in [6, 6.07) is 1.72. The largest absolute Gasteiger partial charge is 0.454 e. The summed E-state index contributed by atoms with van der Waals surface area (Å²) >= 11 is 6.15. The molecule has 0 radical (unpaired) electrons. The average molecular weight is 244 g/mol. The minimum absolute atomic E-state index is 0.224. The monoisotopic (exact) mass is 243 g/mol. The van der Waals surface area contributed by atoms with Crippen molar-refractivity contribution in [1.29, 1.82) is 0 Å². The zero-order valence-electron chi connectivity index (χ0n) is 9.21. The van der Waals surface area contributed by atoms with E-state index in [4.69, 9.17) is 26.3 Å². The van der Waals surface area contributed by atoms with Gasteiger partial charge in [0.05, 0.1) is 0 Å². The second-order valence-electron chi connectivity index (χ2n) is 3.97. The number of rotatable bonds is 3. The van der Waals surface area contributed by atoms with Crippen molar-refractivity contribution in [2.24, 2.45) is 0 Å². The van der Waals surface area contributed by atoms with Crippen molar-refractivity contribution >= 4 is 11.6 Å². The van der Waals surface area contributed by atoms with E-state index in [9.17, 15) is 0 Å². The third-order valence-corrected chi connectivity index (χ3v) is 2.93. The molecule has 1 aromatic rings. The van der Waals surface area contributed by atoms with E-state index < -0.39 is 0 Å². The van der Waals surface area contributed by atoms with Crippen LogP contribution in [-0.4, -0.2) is 12.0 Å². The Kier molecular flexibility index (Phi) is 3.23. The lowest BCUT2D eigenvalue weighted by molar-refractivity contribution is 0.160. The maximum absolute atomic E-state index is 8.82. The maximum atomic E-state index is 8.82. The van der Waals surface area contributed by atoms with E-state index in [2.05, 4.69) is 19.3 Å². The van der Waals surface area contributed by atoms with E-state index in [-0.39, 0.29) is 12.7 Å². The quantitative estimate of drug-likeness (QED) is 0.802. The zero-order valence-corrected chi connectivity index (χ0v) is 9.97. The van der Waals surface area contributed by atoms with Crippen LogP contribution in [0.2, 0.25) is 5.02 Å². The Hall–Kier alpha value is -0.970. The van der Waals surface area contributed by atoms with E-state index in [0.29, 0.717) is 17.3 Å². The van der Waals surface area contributed by atoms with E-state index in [0.717, 1.165) is 16.9 Å². The Bertz CT molecular complexity index is 407. The van der Waals surface area contributed by atoms with E-state index >= 15 is 0 Å². The van der Waals surface area contributed by atoms with Gasteiger partial charge >= 0.3 is 0 Å². The summed E-state index contributed by atoms with van der Waals surface area (Å²) in [5.74, 6) is 1.66. The van der Waals surface area contributed by atoms with Crippen LogP contribution in [0, 0.1) is 0 Å². The highest BCUT2D eigenvalue weighted by atomic mass is 35.5. The Labute approximate surface area is 99.1 Å². The summed E-state index contributed by atoms with van der Waals surface area (Å²) in [7, 11) is 0. The minimum Gasteiger partial charge on any atom is -0.454 e. The summed E-state index contributed by atoms with van der Waals surface area (Å²) in [6.45, 7) is 4.62. The SMILES string of the molecule is CC(C)c1c(CNO)c(Cl)cc2c1OCO2. The second kappa shape index (κ2) is 4.49. The van der Waals surface area contributed by atoms with Crippen LogP contribution < -0.4 is 15.0 Å². The highest BCUT2D eigenvalue weighted by Crippen LogP contribution is 2.44. The smallest absolute Gasteiger partial charge is 0.231 e. The van der Waals surface area contributed by atoms with Gasteiger partial charge in [0.25, 0.3) is 0 Å². The van der Waals surface area contributed by atoms with Gasteiger partial charge in [-0.25, -0.2) is 5.48 Å². The number of ether oxygens (including phenoxy) is 2. The number of hydrogen-bond donors (Lipinski definition) is 2. The van der Waals surface area contributed by atoms with Gasteiger partial charge in [0.2, 0.25) is 6.79 Å². The molecule has 5 heteroatoms. The van der Waals surface area contributed by atoms with Gasteiger partial charge in [0.1, 0.15) is 0 Å². The van der Waals surface area contributed by atoms with E-state index in [1.807, 2.05) is 0 Å². The van der Waals surface area contributed by atoms with Gasteiger partial charge in [-0.2, -0.15) is 0 Å². The van der Waals surface area contributed by atoms with Gasteiger partial charge in [-0.05, 0) is 11.5 Å². The molecular formula is C11H14ClNO3. The summed E-state index contributed by atoms with van der Waals surface area (Å²) in [5.41, 5.74) is 3.97. The molecule has 2 rings (SSSR count). The molecule has 0 atom stereocenters. The molecule has 0 bridgehead atoms. The topological polar surface area (TPSA) is 50.7 Å². The first-order valence-electron chi connectivity index (χ1n) is 5.13. The van der Waals surface area contributed by atoms with Crippen LogP contribution in [0.4, 0.5) is 0 Å².